The van der Waals surface area contributed by atoms with Crippen LogP contribution in [0.4, 0.5) is 0 Å². The van der Waals surface area contributed by atoms with Gasteiger partial charge in [-0.05, 0) is 25.0 Å². The molecule has 3 aromatic rings. The minimum Gasteiger partial charge on any atom is -0.350 e. The number of aromatic amines is 1. The Balaban J connectivity index is 1.40. The molecule has 7 nitrogen and oxygen atoms in total. The summed E-state index contributed by atoms with van der Waals surface area (Å²) in [5, 5.41) is 2.80. The Morgan fingerprint density at radius 1 is 1.33 bits per heavy atom. The van der Waals surface area contributed by atoms with Crippen LogP contribution < -0.4 is 10.9 Å². The molecule has 1 aliphatic carbocycles. The van der Waals surface area contributed by atoms with Crippen LogP contribution in [-0.4, -0.2) is 31.8 Å². The second kappa shape index (κ2) is 5.92. The number of imidazole rings is 1. The molecule has 1 aliphatic rings. The van der Waals surface area contributed by atoms with Crippen molar-refractivity contribution in [1.82, 2.24) is 24.7 Å². The number of carbonyl (C=O) groups excluding carboxylic acids is 1. The van der Waals surface area contributed by atoms with E-state index in [0.29, 0.717) is 24.7 Å². The van der Waals surface area contributed by atoms with Crippen molar-refractivity contribution in [3.05, 3.63) is 64.2 Å². The Hall–Kier alpha value is -2.96. The first kappa shape index (κ1) is 14.6. The van der Waals surface area contributed by atoms with E-state index in [1.54, 1.807) is 0 Å². The molecule has 2 N–H and O–H groups in total. The number of pyridine rings is 1. The highest BCUT2D eigenvalue weighted by atomic mass is 16.2. The van der Waals surface area contributed by atoms with E-state index in [1.165, 1.54) is 6.07 Å². The molecule has 3 aromatic heterocycles. The minimum atomic E-state index is -0.327. The zero-order valence-corrected chi connectivity index (χ0v) is 13.0. The van der Waals surface area contributed by atoms with Gasteiger partial charge in [-0.2, -0.15) is 0 Å². The number of carbonyl (C=O) groups is 1. The van der Waals surface area contributed by atoms with Crippen LogP contribution in [0, 0.1) is 0 Å². The molecule has 0 saturated heterocycles. The molecule has 1 amide bonds. The van der Waals surface area contributed by atoms with Gasteiger partial charge >= 0.3 is 0 Å². The number of nitrogens with zero attached hydrogens (tertiary/aromatic N) is 3. The minimum absolute atomic E-state index is 0.177. The first-order valence-corrected chi connectivity index (χ1v) is 8.01. The summed E-state index contributed by atoms with van der Waals surface area (Å²) in [7, 11) is 0. The molecular weight excluding hydrogens is 306 g/mol. The van der Waals surface area contributed by atoms with Crippen molar-refractivity contribution in [2.24, 2.45) is 0 Å². The van der Waals surface area contributed by atoms with Crippen molar-refractivity contribution >= 4 is 11.6 Å². The van der Waals surface area contributed by atoms with Crippen molar-refractivity contribution < 1.29 is 4.79 Å². The fourth-order valence-electron chi connectivity index (χ4n) is 2.65. The van der Waals surface area contributed by atoms with E-state index in [0.717, 1.165) is 24.2 Å². The largest absolute Gasteiger partial charge is 0.350 e. The second-order valence-corrected chi connectivity index (χ2v) is 5.99. The van der Waals surface area contributed by atoms with Crippen molar-refractivity contribution in [2.45, 2.75) is 25.2 Å². The van der Waals surface area contributed by atoms with Crippen LogP contribution >= 0.6 is 0 Å². The number of amides is 1. The maximum Gasteiger partial charge on any atom is 0.270 e. The van der Waals surface area contributed by atoms with Crippen molar-refractivity contribution in [3.8, 4) is 0 Å². The molecule has 7 heteroatoms. The molecule has 0 atom stereocenters. The van der Waals surface area contributed by atoms with Gasteiger partial charge < -0.3 is 14.7 Å². The van der Waals surface area contributed by atoms with Gasteiger partial charge in [0.05, 0.1) is 5.69 Å². The van der Waals surface area contributed by atoms with Crippen LogP contribution in [0.3, 0.4) is 0 Å². The molecule has 0 bridgehead atoms. The number of rotatable bonds is 5. The van der Waals surface area contributed by atoms with Gasteiger partial charge in [-0.25, -0.2) is 9.97 Å². The van der Waals surface area contributed by atoms with Gasteiger partial charge in [0.15, 0.2) is 0 Å². The SMILES string of the molecule is O=C(NCCc1cn2ccccc2n1)c1cc(=O)[nH]c(C2CC2)n1. The normalized spacial score (nSPS) is 14.0. The van der Waals surface area contributed by atoms with Crippen molar-refractivity contribution in [2.75, 3.05) is 6.54 Å². The lowest BCUT2D eigenvalue weighted by Gasteiger charge is -2.05. The topological polar surface area (TPSA) is 92.2 Å². The van der Waals surface area contributed by atoms with Gasteiger partial charge in [0.2, 0.25) is 0 Å². The first-order chi connectivity index (χ1) is 11.7. The highest BCUT2D eigenvalue weighted by molar-refractivity contribution is 5.92. The highest BCUT2D eigenvalue weighted by Gasteiger charge is 2.27. The summed E-state index contributed by atoms with van der Waals surface area (Å²) in [6.07, 6.45) is 6.53. The molecule has 122 valence electrons. The predicted octanol–water partition coefficient (Wildman–Crippen LogP) is 1.27. The van der Waals surface area contributed by atoms with Crippen LogP contribution in [0.5, 0.6) is 0 Å². The van der Waals surface area contributed by atoms with Crippen LogP contribution in [-0.2, 0) is 6.42 Å². The van der Waals surface area contributed by atoms with Gasteiger partial charge in [0.25, 0.3) is 11.5 Å². The van der Waals surface area contributed by atoms with E-state index < -0.39 is 0 Å². The molecule has 0 spiro atoms. The lowest BCUT2D eigenvalue weighted by Crippen LogP contribution is -2.28. The number of H-pyrrole nitrogens is 1. The maximum absolute atomic E-state index is 12.2. The van der Waals surface area contributed by atoms with E-state index >= 15 is 0 Å². The Morgan fingerprint density at radius 3 is 3.00 bits per heavy atom. The van der Waals surface area contributed by atoms with E-state index in [1.807, 2.05) is 35.0 Å². The number of hydrogen-bond acceptors (Lipinski definition) is 4. The smallest absolute Gasteiger partial charge is 0.270 e. The monoisotopic (exact) mass is 323 g/mol. The van der Waals surface area contributed by atoms with Crippen LogP contribution in [0.1, 0.15) is 40.8 Å². The Kier molecular flexibility index (Phi) is 3.60. The average molecular weight is 323 g/mol. The predicted molar refractivity (Wildman–Crippen MR) is 88.1 cm³/mol. The molecule has 24 heavy (non-hydrogen) atoms. The molecule has 0 unspecified atom stereocenters. The fourth-order valence-corrected chi connectivity index (χ4v) is 2.65. The zero-order valence-electron chi connectivity index (χ0n) is 13.0. The van der Waals surface area contributed by atoms with Crippen LogP contribution in [0.15, 0.2) is 41.5 Å². The lowest BCUT2D eigenvalue weighted by atomic mass is 10.3. The number of aromatic nitrogens is 4. The van der Waals surface area contributed by atoms with Crippen LogP contribution in [0.2, 0.25) is 0 Å². The Bertz CT molecular complexity index is 922. The van der Waals surface area contributed by atoms with Gasteiger partial charge in [-0.3, -0.25) is 9.59 Å². The zero-order chi connectivity index (χ0) is 16.5. The molecule has 0 radical (unpaired) electrons. The molecule has 1 saturated carbocycles. The maximum atomic E-state index is 12.2. The third-order valence-electron chi connectivity index (χ3n) is 4.04. The molecular formula is C17H17N5O2. The first-order valence-electron chi connectivity index (χ1n) is 8.01. The Labute approximate surface area is 137 Å². The third kappa shape index (κ3) is 3.05. The third-order valence-corrected chi connectivity index (χ3v) is 4.04. The quantitative estimate of drug-likeness (QED) is 0.739. The summed E-state index contributed by atoms with van der Waals surface area (Å²) in [6.45, 7) is 0.440. The fraction of sp³-hybridized carbons (Fsp3) is 0.294. The summed E-state index contributed by atoms with van der Waals surface area (Å²) in [5.74, 6) is 0.586. The van der Waals surface area contributed by atoms with E-state index in [-0.39, 0.29) is 17.2 Å². The summed E-state index contributed by atoms with van der Waals surface area (Å²) in [6, 6.07) is 7.05. The van der Waals surface area contributed by atoms with Gasteiger partial charge in [-0.15, -0.1) is 0 Å². The molecule has 1 fully saturated rings. The van der Waals surface area contributed by atoms with Crippen molar-refractivity contribution in [3.63, 3.8) is 0 Å². The standard InChI is InChI=1S/C17H17N5O2/c23-15-9-13(20-16(21-15)11-4-5-11)17(24)18-7-6-12-10-22-8-2-1-3-14(22)19-12/h1-3,8-11H,4-7H2,(H,18,24)(H,20,21,23). The molecule has 0 aromatic carbocycles. The van der Waals surface area contributed by atoms with Crippen LogP contribution in [0.25, 0.3) is 5.65 Å². The summed E-state index contributed by atoms with van der Waals surface area (Å²) < 4.78 is 1.94. The molecule has 0 aliphatic heterocycles. The van der Waals surface area contributed by atoms with Gasteiger partial charge in [-0.1, -0.05) is 6.07 Å². The van der Waals surface area contributed by atoms with Crippen molar-refractivity contribution in [1.29, 1.82) is 0 Å². The lowest BCUT2D eigenvalue weighted by molar-refractivity contribution is 0.0948. The van der Waals surface area contributed by atoms with Gasteiger partial charge in [0, 0.05) is 37.3 Å². The second-order valence-electron chi connectivity index (χ2n) is 5.99. The molecule has 4 rings (SSSR count). The van der Waals surface area contributed by atoms with Gasteiger partial charge in [0.1, 0.15) is 17.2 Å². The number of nitrogens with one attached hydrogen (secondary N) is 2. The molecule has 3 heterocycles. The van der Waals surface area contributed by atoms with E-state index in [4.69, 9.17) is 0 Å². The average Bonchev–Trinajstić information content (AvgIpc) is 3.34. The number of fused-ring (bicyclic) bond motifs is 1. The van der Waals surface area contributed by atoms with E-state index in [9.17, 15) is 9.59 Å². The summed E-state index contributed by atoms with van der Waals surface area (Å²) >= 11 is 0. The number of hydrogen-bond donors (Lipinski definition) is 2. The van der Waals surface area contributed by atoms with E-state index in [2.05, 4.69) is 20.3 Å². The highest BCUT2D eigenvalue weighted by Crippen LogP contribution is 2.37. The summed E-state index contributed by atoms with van der Waals surface area (Å²) in [4.78, 5) is 35.3. The summed E-state index contributed by atoms with van der Waals surface area (Å²) in [5.41, 5.74) is 1.68. The Morgan fingerprint density at radius 2 is 2.21 bits per heavy atom.